The van der Waals surface area contributed by atoms with Gasteiger partial charge in [-0.25, -0.2) is 8.42 Å². The minimum absolute atomic E-state index is 0.0512. The molecule has 1 aliphatic rings. The van der Waals surface area contributed by atoms with Crippen molar-refractivity contribution in [2.75, 3.05) is 5.75 Å². The number of benzene rings is 2. The van der Waals surface area contributed by atoms with Crippen LogP contribution in [-0.4, -0.2) is 25.7 Å². The van der Waals surface area contributed by atoms with E-state index < -0.39 is 15.6 Å². The number of rotatable bonds is 2. The topological polar surface area (TPSA) is 68.3 Å². The number of fused-ring (bicyclic) bond motifs is 2. The average molecular weight is 310 g/mol. The van der Waals surface area contributed by atoms with Gasteiger partial charge in [-0.2, -0.15) is 0 Å². The molecular weight excluding hydrogens is 300 g/mol. The van der Waals surface area contributed by atoms with Gasteiger partial charge in [0.25, 0.3) is 0 Å². The Kier molecular flexibility index (Phi) is 3.19. The Hall–Kier alpha value is -2.71. The summed E-state index contributed by atoms with van der Waals surface area (Å²) in [7, 11) is -3.66. The Balaban J connectivity index is 2.21. The van der Waals surface area contributed by atoms with Gasteiger partial charge < -0.3 is 0 Å². The third-order valence-corrected chi connectivity index (χ3v) is 5.05. The van der Waals surface area contributed by atoms with Crippen molar-refractivity contribution in [1.82, 2.24) is 0 Å². The van der Waals surface area contributed by atoms with Gasteiger partial charge in [-0.1, -0.05) is 30.2 Å². The quantitative estimate of drug-likeness (QED) is 0.678. The monoisotopic (exact) mass is 310 g/mol. The molecule has 0 aliphatic heterocycles. The number of ketones is 2. The van der Waals surface area contributed by atoms with E-state index in [1.165, 1.54) is 18.2 Å². The Morgan fingerprint density at radius 3 is 2.00 bits per heavy atom. The van der Waals surface area contributed by atoms with E-state index in [1.807, 2.05) is 0 Å². The molecule has 0 radical (unpaired) electrons. The van der Waals surface area contributed by atoms with Gasteiger partial charge in [0, 0.05) is 22.3 Å². The lowest BCUT2D eigenvalue weighted by Gasteiger charge is -2.17. The first kappa shape index (κ1) is 14.2. The van der Waals surface area contributed by atoms with Crippen LogP contribution in [0.5, 0.6) is 0 Å². The minimum Gasteiger partial charge on any atom is -0.289 e. The van der Waals surface area contributed by atoms with Crippen LogP contribution in [-0.2, 0) is 9.84 Å². The molecular formula is C17H10O4S. The first-order valence-electron chi connectivity index (χ1n) is 6.44. The van der Waals surface area contributed by atoms with Crippen molar-refractivity contribution in [3.63, 3.8) is 0 Å². The van der Waals surface area contributed by atoms with Crippen LogP contribution in [0.4, 0.5) is 0 Å². The molecule has 0 fully saturated rings. The zero-order valence-electron chi connectivity index (χ0n) is 11.4. The maximum absolute atomic E-state index is 12.5. The van der Waals surface area contributed by atoms with Gasteiger partial charge in [0.1, 0.15) is 5.75 Å². The molecule has 0 spiro atoms. The van der Waals surface area contributed by atoms with E-state index in [-0.39, 0.29) is 33.2 Å². The van der Waals surface area contributed by atoms with Gasteiger partial charge in [0.2, 0.25) is 0 Å². The number of hydrogen-bond acceptors (Lipinski definition) is 4. The molecule has 0 heterocycles. The number of carbonyl (C=O) groups is 2. The standard InChI is InChI=1S/C17H10O4S/c1-2-9-22(20,21)11-7-8-14-15(10-11)17(19)13-6-4-3-5-12(13)16(14)18/h1,3-8,10H,9H2. The van der Waals surface area contributed by atoms with Gasteiger partial charge >= 0.3 is 0 Å². The molecule has 4 nitrogen and oxygen atoms in total. The molecule has 2 aromatic carbocycles. The third kappa shape index (κ3) is 2.05. The van der Waals surface area contributed by atoms with Crippen molar-refractivity contribution >= 4 is 21.4 Å². The highest BCUT2D eigenvalue weighted by atomic mass is 32.2. The molecule has 1 aliphatic carbocycles. The predicted molar refractivity (Wildman–Crippen MR) is 80.6 cm³/mol. The summed E-state index contributed by atoms with van der Waals surface area (Å²) in [5.74, 6) is 0.984. The molecule has 0 unspecified atom stereocenters. The fourth-order valence-corrected chi connectivity index (χ4v) is 3.42. The van der Waals surface area contributed by atoms with Crippen LogP contribution < -0.4 is 0 Å². The maximum atomic E-state index is 12.5. The summed E-state index contributed by atoms with van der Waals surface area (Å²) in [5.41, 5.74) is 0.927. The Bertz CT molecular complexity index is 962. The van der Waals surface area contributed by atoms with Gasteiger partial charge in [-0.15, -0.1) is 6.42 Å². The summed E-state index contributed by atoms with van der Waals surface area (Å²) in [6.45, 7) is 0. The second-order valence-corrected chi connectivity index (χ2v) is 6.86. The normalized spacial score (nSPS) is 13.2. The predicted octanol–water partition coefficient (Wildman–Crippen LogP) is 1.87. The van der Waals surface area contributed by atoms with Crippen LogP contribution >= 0.6 is 0 Å². The lowest BCUT2D eigenvalue weighted by molar-refractivity contribution is 0.0979. The zero-order valence-corrected chi connectivity index (χ0v) is 12.2. The molecule has 3 rings (SSSR count). The summed E-state index contributed by atoms with van der Waals surface area (Å²) in [4.78, 5) is 24.9. The molecule has 0 bridgehead atoms. The van der Waals surface area contributed by atoms with Crippen molar-refractivity contribution in [3.8, 4) is 12.3 Å². The first-order chi connectivity index (χ1) is 10.5. The highest BCUT2D eigenvalue weighted by molar-refractivity contribution is 7.91. The third-order valence-electron chi connectivity index (χ3n) is 3.53. The number of hydrogen-bond donors (Lipinski definition) is 0. The molecule has 108 valence electrons. The van der Waals surface area contributed by atoms with Gasteiger partial charge in [-0.3, -0.25) is 9.59 Å². The van der Waals surface area contributed by atoms with E-state index in [0.29, 0.717) is 5.56 Å². The number of carbonyl (C=O) groups excluding carboxylic acids is 2. The van der Waals surface area contributed by atoms with Crippen molar-refractivity contribution in [2.24, 2.45) is 0 Å². The van der Waals surface area contributed by atoms with Crippen LogP contribution in [0.2, 0.25) is 0 Å². The molecule has 0 atom stereocenters. The lowest BCUT2D eigenvalue weighted by atomic mass is 9.84. The van der Waals surface area contributed by atoms with Crippen molar-refractivity contribution in [3.05, 3.63) is 64.7 Å². The highest BCUT2D eigenvalue weighted by Crippen LogP contribution is 2.29. The van der Waals surface area contributed by atoms with Gasteiger partial charge in [-0.05, 0) is 18.2 Å². The zero-order chi connectivity index (χ0) is 15.9. The van der Waals surface area contributed by atoms with E-state index in [4.69, 9.17) is 6.42 Å². The van der Waals surface area contributed by atoms with Crippen molar-refractivity contribution in [1.29, 1.82) is 0 Å². The van der Waals surface area contributed by atoms with Crippen molar-refractivity contribution < 1.29 is 18.0 Å². The van der Waals surface area contributed by atoms with E-state index in [0.717, 1.165) is 0 Å². The summed E-state index contributed by atoms with van der Waals surface area (Å²) < 4.78 is 24.0. The molecule has 2 aromatic rings. The Labute approximate surface area is 127 Å². The van der Waals surface area contributed by atoms with E-state index in [2.05, 4.69) is 5.92 Å². The van der Waals surface area contributed by atoms with E-state index in [9.17, 15) is 18.0 Å². The second-order valence-electron chi connectivity index (χ2n) is 4.87. The van der Waals surface area contributed by atoms with Gasteiger partial charge in [0.15, 0.2) is 21.4 Å². The first-order valence-corrected chi connectivity index (χ1v) is 8.09. The highest BCUT2D eigenvalue weighted by Gasteiger charge is 2.30. The van der Waals surface area contributed by atoms with Crippen LogP contribution in [0.25, 0.3) is 0 Å². The van der Waals surface area contributed by atoms with E-state index in [1.54, 1.807) is 24.3 Å². The fourth-order valence-electron chi connectivity index (χ4n) is 2.47. The van der Waals surface area contributed by atoms with Crippen LogP contribution in [0.1, 0.15) is 31.8 Å². The molecule has 0 saturated carbocycles. The number of terminal acetylenes is 1. The molecule has 0 saturated heterocycles. The molecule has 5 heteroatoms. The molecule has 0 N–H and O–H groups in total. The van der Waals surface area contributed by atoms with Crippen LogP contribution in [0.15, 0.2) is 47.4 Å². The summed E-state index contributed by atoms with van der Waals surface area (Å²) in [6, 6.07) is 10.4. The lowest BCUT2D eigenvalue weighted by Crippen LogP contribution is -2.21. The minimum atomic E-state index is -3.66. The SMILES string of the molecule is C#CCS(=O)(=O)c1ccc2c(c1)C(=O)c1ccccc1C2=O. The second kappa shape index (κ2) is 4.93. The molecule has 0 amide bonds. The fraction of sp³-hybridized carbons (Fsp3) is 0.0588. The summed E-state index contributed by atoms with van der Waals surface area (Å²) in [5, 5.41) is 0. The number of sulfone groups is 1. The maximum Gasteiger partial charge on any atom is 0.194 e. The average Bonchev–Trinajstić information content (AvgIpc) is 2.52. The molecule has 22 heavy (non-hydrogen) atoms. The summed E-state index contributed by atoms with van der Waals surface area (Å²) >= 11 is 0. The van der Waals surface area contributed by atoms with Crippen LogP contribution in [0.3, 0.4) is 0 Å². The van der Waals surface area contributed by atoms with E-state index >= 15 is 0 Å². The van der Waals surface area contributed by atoms with Crippen LogP contribution in [0, 0.1) is 12.3 Å². The van der Waals surface area contributed by atoms with Gasteiger partial charge in [0.05, 0.1) is 4.90 Å². The molecule has 0 aromatic heterocycles. The Morgan fingerprint density at radius 1 is 0.864 bits per heavy atom. The smallest absolute Gasteiger partial charge is 0.194 e. The van der Waals surface area contributed by atoms with Crippen molar-refractivity contribution in [2.45, 2.75) is 4.90 Å². The largest absolute Gasteiger partial charge is 0.289 e. The summed E-state index contributed by atoms with van der Waals surface area (Å²) in [6.07, 6.45) is 5.05. The Morgan fingerprint density at radius 2 is 1.41 bits per heavy atom.